The molecule has 1 atom stereocenters. The highest BCUT2D eigenvalue weighted by atomic mass is 35.5. The minimum Gasteiger partial charge on any atom is -0.322 e. The highest BCUT2D eigenvalue weighted by Crippen LogP contribution is 2.18. The maximum absolute atomic E-state index is 13.9. The molecular weight excluding hydrogens is 434 g/mol. The van der Waals surface area contributed by atoms with Crippen molar-refractivity contribution in [2.75, 3.05) is 5.32 Å². The van der Waals surface area contributed by atoms with E-state index < -0.39 is 33.6 Å². The van der Waals surface area contributed by atoms with Gasteiger partial charge >= 0.3 is 0 Å². The van der Waals surface area contributed by atoms with Crippen LogP contribution >= 0.6 is 11.6 Å². The fourth-order valence-corrected chi connectivity index (χ4v) is 4.04. The number of amides is 1. The Kier molecular flexibility index (Phi) is 6.81. The number of hydrogen-bond donors (Lipinski definition) is 2. The first kappa shape index (κ1) is 21.9. The van der Waals surface area contributed by atoms with E-state index in [4.69, 9.17) is 11.6 Å². The van der Waals surface area contributed by atoms with Gasteiger partial charge < -0.3 is 5.32 Å². The minimum absolute atomic E-state index is 0.0162. The van der Waals surface area contributed by atoms with Gasteiger partial charge in [0.1, 0.15) is 17.7 Å². The van der Waals surface area contributed by atoms with E-state index >= 15 is 0 Å². The second kappa shape index (κ2) is 9.34. The van der Waals surface area contributed by atoms with Crippen LogP contribution in [-0.2, 0) is 21.2 Å². The van der Waals surface area contributed by atoms with Crippen LogP contribution in [0.5, 0.6) is 0 Å². The molecule has 5 nitrogen and oxygen atoms in total. The molecule has 0 fully saturated rings. The Labute approximate surface area is 177 Å². The van der Waals surface area contributed by atoms with Gasteiger partial charge in [-0.25, -0.2) is 17.2 Å². The molecule has 0 unspecified atom stereocenters. The van der Waals surface area contributed by atoms with E-state index in [9.17, 15) is 22.0 Å². The monoisotopic (exact) mass is 450 g/mol. The summed E-state index contributed by atoms with van der Waals surface area (Å²) in [6.07, 6.45) is 0.0162. The van der Waals surface area contributed by atoms with E-state index in [1.165, 1.54) is 24.3 Å². The van der Waals surface area contributed by atoms with Crippen LogP contribution in [0.2, 0.25) is 5.02 Å². The summed E-state index contributed by atoms with van der Waals surface area (Å²) in [5, 5.41) is 2.67. The number of carbonyl (C=O) groups excluding carboxylic acids is 1. The Hall–Kier alpha value is -2.81. The van der Waals surface area contributed by atoms with Gasteiger partial charge in [0, 0.05) is 11.1 Å². The van der Waals surface area contributed by atoms with Crippen LogP contribution in [0.1, 0.15) is 5.56 Å². The third-order valence-electron chi connectivity index (χ3n) is 4.21. The summed E-state index contributed by atoms with van der Waals surface area (Å²) in [6.45, 7) is 0. The molecule has 156 valence electrons. The molecule has 0 aliphatic heterocycles. The summed E-state index contributed by atoms with van der Waals surface area (Å²) < 4.78 is 54.9. The molecule has 30 heavy (non-hydrogen) atoms. The number of anilines is 1. The second-order valence-electron chi connectivity index (χ2n) is 6.43. The van der Waals surface area contributed by atoms with Gasteiger partial charge in [-0.3, -0.25) is 4.79 Å². The van der Waals surface area contributed by atoms with Crippen molar-refractivity contribution in [2.45, 2.75) is 17.4 Å². The van der Waals surface area contributed by atoms with Crippen molar-refractivity contribution >= 4 is 33.2 Å². The van der Waals surface area contributed by atoms with Crippen LogP contribution in [0, 0.1) is 11.6 Å². The number of rotatable bonds is 7. The van der Waals surface area contributed by atoms with E-state index in [1.807, 2.05) is 0 Å². The van der Waals surface area contributed by atoms with Crippen LogP contribution in [0.15, 0.2) is 77.7 Å². The normalized spacial score (nSPS) is 12.4. The predicted molar refractivity (Wildman–Crippen MR) is 111 cm³/mol. The first-order valence-electron chi connectivity index (χ1n) is 8.82. The molecule has 2 N–H and O–H groups in total. The highest BCUT2D eigenvalue weighted by Gasteiger charge is 2.27. The van der Waals surface area contributed by atoms with Crippen molar-refractivity contribution in [1.82, 2.24) is 4.72 Å². The van der Waals surface area contributed by atoms with Gasteiger partial charge in [0.15, 0.2) is 0 Å². The van der Waals surface area contributed by atoms with Gasteiger partial charge in [-0.1, -0.05) is 41.9 Å². The lowest BCUT2D eigenvalue weighted by Crippen LogP contribution is -2.45. The van der Waals surface area contributed by atoms with Gasteiger partial charge in [0.2, 0.25) is 15.9 Å². The van der Waals surface area contributed by atoms with Crippen LogP contribution in [-0.4, -0.2) is 20.4 Å². The zero-order valence-electron chi connectivity index (χ0n) is 15.5. The van der Waals surface area contributed by atoms with Crippen molar-refractivity contribution in [3.63, 3.8) is 0 Å². The van der Waals surface area contributed by atoms with E-state index in [0.717, 1.165) is 12.1 Å². The standard InChI is InChI=1S/C21H17ClF2N2O3S/c22-15-6-9-17(10-7-15)30(28,29)26-20(12-14-4-2-1-3-5-14)21(27)25-19-11-8-16(23)13-18(19)24/h1-11,13,20,26H,12H2,(H,25,27)/t20-/m0/s1. The Balaban J connectivity index is 1.87. The maximum Gasteiger partial charge on any atom is 0.242 e. The van der Waals surface area contributed by atoms with Crippen LogP contribution < -0.4 is 10.0 Å². The summed E-state index contributed by atoms with van der Waals surface area (Å²) in [4.78, 5) is 12.7. The molecule has 0 aliphatic rings. The highest BCUT2D eigenvalue weighted by molar-refractivity contribution is 7.89. The zero-order valence-corrected chi connectivity index (χ0v) is 17.1. The van der Waals surface area contributed by atoms with Crippen LogP contribution in [0.4, 0.5) is 14.5 Å². The van der Waals surface area contributed by atoms with Crippen molar-refractivity contribution in [1.29, 1.82) is 0 Å². The minimum atomic E-state index is -4.07. The summed E-state index contributed by atoms with van der Waals surface area (Å²) in [5.41, 5.74) is 0.432. The Morgan fingerprint density at radius 2 is 1.63 bits per heavy atom. The molecule has 0 aliphatic carbocycles. The molecule has 0 aromatic heterocycles. The quantitative estimate of drug-likeness (QED) is 0.568. The zero-order chi connectivity index (χ0) is 21.7. The molecule has 0 bridgehead atoms. The molecule has 3 rings (SSSR count). The molecule has 0 radical (unpaired) electrons. The SMILES string of the molecule is O=C(Nc1ccc(F)cc1F)[C@H](Cc1ccccc1)NS(=O)(=O)c1ccc(Cl)cc1. The van der Waals surface area contributed by atoms with Crippen molar-refractivity contribution in [3.05, 3.63) is 95.0 Å². The molecule has 3 aromatic carbocycles. The number of nitrogens with one attached hydrogen (secondary N) is 2. The summed E-state index contributed by atoms with van der Waals surface area (Å²) in [7, 11) is -4.07. The lowest BCUT2D eigenvalue weighted by Gasteiger charge is -2.19. The Morgan fingerprint density at radius 1 is 0.967 bits per heavy atom. The fraction of sp³-hybridized carbons (Fsp3) is 0.0952. The van der Waals surface area contributed by atoms with E-state index in [2.05, 4.69) is 10.0 Å². The first-order chi connectivity index (χ1) is 14.2. The largest absolute Gasteiger partial charge is 0.322 e. The van der Waals surface area contributed by atoms with Gasteiger partial charge in [0.05, 0.1) is 10.6 Å². The fourth-order valence-electron chi connectivity index (χ4n) is 2.72. The second-order valence-corrected chi connectivity index (χ2v) is 8.58. The Bertz CT molecular complexity index is 1140. The molecule has 3 aromatic rings. The summed E-state index contributed by atoms with van der Waals surface area (Å²) >= 11 is 5.80. The molecule has 9 heteroatoms. The topological polar surface area (TPSA) is 75.3 Å². The predicted octanol–water partition coefficient (Wildman–Crippen LogP) is 4.15. The summed E-state index contributed by atoms with van der Waals surface area (Å²) in [5.74, 6) is -2.56. The molecule has 0 spiro atoms. The van der Waals surface area contributed by atoms with Crippen molar-refractivity contribution in [3.8, 4) is 0 Å². The van der Waals surface area contributed by atoms with Gasteiger partial charge in [-0.15, -0.1) is 0 Å². The number of carbonyl (C=O) groups is 1. The Morgan fingerprint density at radius 3 is 2.27 bits per heavy atom. The molecular formula is C21H17ClF2N2O3S. The smallest absolute Gasteiger partial charge is 0.242 e. The molecule has 0 heterocycles. The van der Waals surface area contributed by atoms with Crippen LogP contribution in [0.25, 0.3) is 0 Å². The summed E-state index contributed by atoms with van der Waals surface area (Å²) in [6, 6.07) is 15.6. The number of benzene rings is 3. The number of hydrogen-bond acceptors (Lipinski definition) is 3. The average molecular weight is 451 g/mol. The van der Waals surface area contributed by atoms with E-state index in [-0.39, 0.29) is 17.0 Å². The van der Waals surface area contributed by atoms with Gasteiger partial charge in [-0.05, 0) is 48.4 Å². The molecule has 0 saturated heterocycles. The third kappa shape index (κ3) is 5.63. The number of halogens is 3. The third-order valence-corrected chi connectivity index (χ3v) is 5.95. The average Bonchev–Trinajstić information content (AvgIpc) is 2.70. The van der Waals surface area contributed by atoms with Crippen molar-refractivity contribution in [2.24, 2.45) is 0 Å². The lowest BCUT2D eigenvalue weighted by molar-refractivity contribution is -0.117. The molecule has 0 saturated carbocycles. The van der Waals surface area contributed by atoms with E-state index in [1.54, 1.807) is 30.3 Å². The first-order valence-corrected chi connectivity index (χ1v) is 10.7. The lowest BCUT2D eigenvalue weighted by atomic mass is 10.1. The van der Waals surface area contributed by atoms with E-state index in [0.29, 0.717) is 16.7 Å². The van der Waals surface area contributed by atoms with Gasteiger partial charge in [-0.2, -0.15) is 4.72 Å². The maximum atomic E-state index is 13.9. The molecule has 1 amide bonds. The van der Waals surface area contributed by atoms with Crippen LogP contribution in [0.3, 0.4) is 0 Å². The van der Waals surface area contributed by atoms with Crippen molar-refractivity contribution < 1.29 is 22.0 Å². The number of sulfonamides is 1. The van der Waals surface area contributed by atoms with Gasteiger partial charge in [0.25, 0.3) is 0 Å².